The minimum absolute atomic E-state index is 0.129. The number of hydrogen-bond donors (Lipinski definition) is 0. The van der Waals surface area contributed by atoms with E-state index in [0.717, 1.165) is 30.3 Å². The van der Waals surface area contributed by atoms with Gasteiger partial charge in [-0.2, -0.15) is 0 Å². The molecule has 0 saturated carbocycles. The lowest BCUT2D eigenvalue weighted by molar-refractivity contribution is 0.105. The van der Waals surface area contributed by atoms with Gasteiger partial charge in [-0.1, -0.05) is 49.6 Å². The summed E-state index contributed by atoms with van der Waals surface area (Å²) in [4.78, 5) is 16.9. The second kappa shape index (κ2) is 7.61. The first-order chi connectivity index (χ1) is 11.8. The minimum Gasteiger partial charge on any atom is -0.327 e. The standard InChI is InChI=1S/C21H20N2O/c1-2-3-4-8-13-20(24)19-16-23(15-17-10-6-5-7-11-17)21-18(19)12-9-14-22-21/h5-7,9-12,14,16H,2-4,15H2,1H3. The van der Waals surface area contributed by atoms with Crippen LogP contribution < -0.4 is 0 Å². The van der Waals surface area contributed by atoms with Crippen molar-refractivity contribution < 1.29 is 4.79 Å². The molecule has 3 nitrogen and oxygen atoms in total. The number of fused-ring (bicyclic) bond motifs is 1. The largest absolute Gasteiger partial charge is 0.327 e. The van der Waals surface area contributed by atoms with Crippen molar-refractivity contribution in [2.24, 2.45) is 0 Å². The van der Waals surface area contributed by atoms with Crippen LogP contribution in [0.3, 0.4) is 0 Å². The molecule has 3 rings (SSSR count). The van der Waals surface area contributed by atoms with Gasteiger partial charge >= 0.3 is 0 Å². The summed E-state index contributed by atoms with van der Waals surface area (Å²) in [7, 11) is 0. The average Bonchev–Trinajstić information content (AvgIpc) is 2.98. The first-order valence-electron chi connectivity index (χ1n) is 8.30. The van der Waals surface area contributed by atoms with Crippen LogP contribution in [0, 0.1) is 11.8 Å². The summed E-state index contributed by atoms with van der Waals surface area (Å²) < 4.78 is 2.02. The van der Waals surface area contributed by atoms with Crippen molar-refractivity contribution in [2.75, 3.05) is 0 Å². The highest BCUT2D eigenvalue weighted by Gasteiger charge is 2.14. The van der Waals surface area contributed by atoms with Gasteiger partial charge in [0.25, 0.3) is 0 Å². The Morgan fingerprint density at radius 3 is 2.79 bits per heavy atom. The zero-order valence-electron chi connectivity index (χ0n) is 13.8. The second-order valence-corrected chi connectivity index (χ2v) is 5.77. The molecule has 3 heteroatoms. The average molecular weight is 316 g/mol. The predicted octanol–water partition coefficient (Wildman–Crippen LogP) is 4.46. The van der Waals surface area contributed by atoms with Crippen LogP contribution in [-0.4, -0.2) is 15.3 Å². The third-order valence-electron chi connectivity index (χ3n) is 3.93. The Balaban J connectivity index is 1.94. The molecule has 0 fully saturated rings. The van der Waals surface area contributed by atoms with Crippen LogP contribution >= 0.6 is 0 Å². The Morgan fingerprint density at radius 1 is 1.17 bits per heavy atom. The minimum atomic E-state index is -0.129. The molecule has 0 saturated heterocycles. The van der Waals surface area contributed by atoms with Crippen LogP contribution in [0.1, 0.15) is 42.1 Å². The molecular formula is C21H20N2O. The zero-order valence-corrected chi connectivity index (χ0v) is 13.8. The van der Waals surface area contributed by atoms with Crippen molar-refractivity contribution in [1.82, 2.24) is 9.55 Å². The van der Waals surface area contributed by atoms with Crippen molar-refractivity contribution in [3.05, 3.63) is 66.0 Å². The molecule has 120 valence electrons. The van der Waals surface area contributed by atoms with E-state index in [4.69, 9.17) is 0 Å². The molecule has 0 N–H and O–H groups in total. The third kappa shape index (κ3) is 3.55. The summed E-state index contributed by atoms with van der Waals surface area (Å²) >= 11 is 0. The molecule has 3 aromatic rings. The van der Waals surface area contributed by atoms with Crippen LogP contribution in [0.15, 0.2) is 54.9 Å². The highest BCUT2D eigenvalue weighted by molar-refractivity contribution is 6.16. The van der Waals surface area contributed by atoms with E-state index < -0.39 is 0 Å². The van der Waals surface area contributed by atoms with Gasteiger partial charge in [-0.25, -0.2) is 4.98 Å². The van der Waals surface area contributed by atoms with E-state index >= 15 is 0 Å². The Bertz CT molecular complexity index is 898. The molecule has 0 radical (unpaired) electrons. The quantitative estimate of drug-likeness (QED) is 0.301. The van der Waals surface area contributed by atoms with E-state index in [9.17, 15) is 4.79 Å². The zero-order chi connectivity index (χ0) is 16.8. The molecule has 0 spiro atoms. The molecule has 2 aromatic heterocycles. The number of hydrogen-bond acceptors (Lipinski definition) is 2. The number of ketones is 1. The predicted molar refractivity (Wildman–Crippen MR) is 96.9 cm³/mol. The maximum absolute atomic E-state index is 12.5. The van der Waals surface area contributed by atoms with Crippen LogP contribution in [0.5, 0.6) is 0 Å². The highest BCUT2D eigenvalue weighted by Crippen LogP contribution is 2.21. The summed E-state index contributed by atoms with van der Waals surface area (Å²) in [5, 5.41) is 0.864. The van der Waals surface area contributed by atoms with Crippen LogP contribution in [-0.2, 0) is 6.54 Å². The molecule has 0 amide bonds. The van der Waals surface area contributed by atoms with Crippen molar-refractivity contribution in [3.8, 4) is 11.8 Å². The van der Waals surface area contributed by atoms with Crippen molar-refractivity contribution in [2.45, 2.75) is 32.7 Å². The van der Waals surface area contributed by atoms with Crippen molar-refractivity contribution >= 4 is 16.8 Å². The third-order valence-corrected chi connectivity index (χ3v) is 3.93. The molecular weight excluding hydrogens is 296 g/mol. The number of unbranched alkanes of at least 4 members (excludes halogenated alkanes) is 2. The summed E-state index contributed by atoms with van der Waals surface area (Å²) in [6.07, 6.45) is 6.51. The van der Waals surface area contributed by atoms with Crippen LogP contribution in [0.4, 0.5) is 0 Å². The van der Waals surface area contributed by atoms with Gasteiger partial charge in [0, 0.05) is 30.7 Å². The van der Waals surface area contributed by atoms with E-state index in [1.807, 2.05) is 41.1 Å². The number of Topliss-reactive ketones (excluding diaryl/α,β-unsaturated/α-hetero) is 1. The molecule has 0 aliphatic carbocycles. The summed E-state index contributed by atoms with van der Waals surface area (Å²) in [5.74, 6) is 5.62. The SMILES string of the molecule is CCCCC#CC(=O)c1cn(Cc2ccccc2)c2ncccc12. The monoisotopic (exact) mass is 316 g/mol. The molecule has 1 aromatic carbocycles. The molecule has 24 heavy (non-hydrogen) atoms. The number of pyridine rings is 1. The van der Waals surface area contributed by atoms with Gasteiger partial charge in [0.05, 0.1) is 5.56 Å². The molecule has 0 atom stereocenters. The Labute approximate surface area is 142 Å². The number of rotatable bonds is 5. The van der Waals surface area contributed by atoms with E-state index in [2.05, 4.69) is 35.9 Å². The number of benzene rings is 1. The van der Waals surface area contributed by atoms with Gasteiger partial charge in [0.2, 0.25) is 5.78 Å². The molecule has 0 unspecified atom stereocenters. The van der Waals surface area contributed by atoms with Gasteiger partial charge < -0.3 is 4.57 Å². The molecule has 0 aliphatic heterocycles. The number of aromatic nitrogens is 2. The van der Waals surface area contributed by atoms with E-state index in [1.54, 1.807) is 6.20 Å². The Kier molecular flexibility index (Phi) is 5.08. The maximum atomic E-state index is 12.5. The number of carbonyl (C=O) groups excluding carboxylic acids is 1. The van der Waals surface area contributed by atoms with Gasteiger partial charge in [-0.15, -0.1) is 0 Å². The van der Waals surface area contributed by atoms with Gasteiger partial charge in [-0.3, -0.25) is 4.79 Å². The van der Waals surface area contributed by atoms with Gasteiger partial charge in [0.1, 0.15) is 5.65 Å². The molecule has 0 bridgehead atoms. The molecule has 2 heterocycles. The summed E-state index contributed by atoms with van der Waals surface area (Å²) in [5.41, 5.74) is 2.63. The fourth-order valence-corrected chi connectivity index (χ4v) is 2.68. The van der Waals surface area contributed by atoms with Gasteiger partial charge in [0.15, 0.2) is 0 Å². The normalized spacial score (nSPS) is 10.4. The Hall–Kier alpha value is -2.86. The fourth-order valence-electron chi connectivity index (χ4n) is 2.68. The summed E-state index contributed by atoms with van der Waals surface area (Å²) in [6.45, 7) is 2.80. The topological polar surface area (TPSA) is 34.9 Å². The first kappa shape index (κ1) is 16.0. The molecule has 0 aliphatic rings. The lowest BCUT2D eigenvalue weighted by Gasteiger charge is -2.04. The van der Waals surface area contributed by atoms with E-state index in [-0.39, 0.29) is 5.78 Å². The maximum Gasteiger partial charge on any atom is 0.238 e. The summed E-state index contributed by atoms with van der Waals surface area (Å²) in [6, 6.07) is 14.0. The van der Waals surface area contributed by atoms with Crippen LogP contribution in [0.2, 0.25) is 0 Å². The van der Waals surface area contributed by atoms with Gasteiger partial charge in [-0.05, 0) is 30.0 Å². The fraction of sp³-hybridized carbons (Fsp3) is 0.238. The lowest BCUT2D eigenvalue weighted by Crippen LogP contribution is -1.99. The number of nitrogens with zero attached hydrogens (tertiary/aromatic N) is 2. The second-order valence-electron chi connectivity index (χ2n) is 5.77. The first-order valence-corrected chi connectivity index (χ1v) is 8.30. The van der Waals surface area contributed by atoms with Crippen molar-refractivity contribution in [1.29, 1.82) is 0 Å². The van der Waals surface area contributed by atoms with Crippen LogP contribution in [0.25, 0.3) is 11.0 Å². The van der Waals surface area contributed by atoms with E-state index in [0.29, 0.717) is 12.1 Å². The number of carbonyl (C=O) groups is 1. The van der Waals surface area contributed by atoms with E-state index in [1.165, 1.54) is 5.56 Å². The smallest absolute Gasteiger partial charge is 0.238 e. The lowest BCUT2D eigenvalue weighted by atomic mass is 10.1. The Morgan fingerprint density at radius 2 is 2.00 bits per heavy atom. The highest BCUT2D eigenvalue weighted by atomic mass is 16.1. The van der Waals surface area contributed by atoms with Crippen molar-refractivity contribution in [3.63, 3.8) is 0 Å².